The van der Waals surface area contributed by atoms with Gasteiger partial charge in [-0.3, -0.25) is 4.90 Å². The number of para-hydroxylation sites is 1. The van der Waals surface area contributed by atoms with Gasteiger partial charge in [0.1, 0.15) is 11.4 Å². The van der Waals surface area contributed by atoms with Crippen molar-refractivity contribution in [2.45, 2.75) is 49.4 Å². The lowest BCUT2D eigenvalue weighted by Crippen LogP contribution is -2.47. The fourth-order valence-electron chi connectivity index (χ4n) is 4.06. The Morgan fingerprint density at radius 2 is 2.03 bits per heavy atom. The van der Waals surface area contributed by atoms with Crippen molar-refractivity contribution in [3.05, 3.63) is 53.6 Å². The van der Waals surface area contributed by atoms with E-state index < -0.39 is 0 Å². The lowest BCUT2D eigenvalue weighted by molar-refractivity contribution is 0.0683. The maximum Gasteiger partial charge on any atom is 0.323 e. The molecular weight excluding hydrogens is 495 g/mol. The van der Waals surface area contributed by atoms with Crippen LogP contribution in [-0.4, -0.2) is 21.7 Å². The van der Waals surface area contributed by atoms with E-state index in [-0.39, 0.29) is 27.8 Å². The van der Waals surface area contributed by atoms with Crippen molar-refractivity contribution in [3.63, 3.8) is 0 Å². The second-order valence-corrected chi connectivity index (χ2v) is 9.96. The fourth-order valence-corrected chi connectivity index (χ4v) is 4.62. The van der Waals surface area contributed by atoms with E-state index in [1.807, 2.05) is 63.2 Å². The highest BCUT2D eigenvalue weighted by Crippen LogP contribution is 2.39. The second-order valence-electron chi connectivity index (χ2n) is 8.16. The Morgan fingerprint density at radius 3 is 2.80 bits per heavy atom. The van der Waals surface area contributed by atoms with Crippen LogP contribution < -0.4 is 25.6 Å². The fraction of sp³-hybridized carbons (Fsp3) is 0.364. The number of ether oxygens (including phenoxy) is 1. The number of hydrogen-bond acceptors (Lipinski definition) is 3. The lowest BCUT2D eigenvalue weighted by atomic mass is 9.90. The van der Waals surface area contributed by atoms with Crippen LogP contribution in [0.5, 0.6) is 5.75 Å². The number of nitrogens with one attached hydrogen (secondary N) is 3. The number of rotatable bonds is 3. The van der Waals surface area contributed by atoms with Crippen LogP contribution in [0, 0.1) is 0 Å². The van der Waals surface area contributed by atoms with Gasteiger partial charge in [-0.15, -0.1) is 0 Å². The van der Waals surface area contributed by atoms with Gasteiger partial charge in [0.05, 0.1) is 15.8 Å². The molecule has 0 spiro atoms. The number of fused-ring (bicyclic) bond motifs is 2. The first-order valence-electron chi connectivity index (χ1n) is 9.94. The summed E-state index contributed by atoms with van der Waals surface area (Å²) in [6, 6.07) is 12.8. The van der Waals surface area contributed by atoms with E-state index in [9.17, 15) is 9.59 Å². The van der Waals surface area contributed by atoms with Gasteiger partial charge in [0.2, 0.25) is 0 Å². The van der Waals surface area contributed by atoms with Gasteiger partial charge in [-0.1, -0.05) is 46.9 Å². The van der Waals surface area contributed by atoms with Crippen LogP contribution in [0.4, 0.5) is 21.0 Å². The summed E-state index contributed by atoms with van der Waals surface area (Å²) in [5, 5.41) is 8.96. The lowest BCUT2D eigenvalue weighted by Gasteiger charge is -2.38. The molecule has 30 heavy (non-hydrogen) atoms. The largest absolute Gasteiger partial charge is 0.487 e. The summed E-state index contributed by atoms with van der Waals surface area (Å²) in [5.41, 5.74) is 2.99. The van der Waals surface area contributed by atoms with E-state index in [0.29, 0.717) is 18.7 Å². The molecule has 0 saturated heterocycles. The van der Waals surface area contributed by atoms with E-state index in [1.54, 1.807) is 4.90 Å². The Hall–Kier alpha value is -2.49. The van der Waals surface area contributed by atoms with Crippen molar-refractivity contribution in [1.82, 2.24) is 10.6 Å². The molecule has 4 amide bonds. The average Bonchev–Trinajstić information content (AvgIpc) is 2.66. The molecule has 0 radical (unpaired) electrons. The minimum Gasteiger partial charge on any atom is -0.487 e. The molecular formula is C22H25IN4O3. The Bertz CT molecular complexity index is 992. The molecule has 2 aromatic rings. The molecule has 4 rings (SSSR count). The smallest absolute Gasteiger partial charge is 0.323 e. The molecule has 0 saturated carbocycles. The van der Waals surface area contributed by atoms with Gasteiger partial charge >= 0.3 is 12.1 Å². The van der Waals surface area contributed by atoms with Crippen LogP contribution in [0.1, 0.15) is 44.4 Å². The molecule has 2 atom stereocenters. The monoisotopic (exact) mass is 520 g/mol. The topological polar surface area (TPSA) is 82.7 Å². The highest BCUT2D eigenvalue weighted by atomic mass is 127. The number of amides is 4. The van der Waals surface area contributed by atoms with Gasteiger partial charge in [0.15, 0.2) is 0 Å². The van der Waals surface area contributed by atoms with Crippen molar-refractivity contribution >= 4 is 46.0 Å². The number of urea groups is 2. The second kappa shape index (κ2) is 7.98. The third kappa shape index (κ3) is 4.05. The summed E-state index contributed by atoms with van der Waals surface area (Å²) in [6.07, 6.45) is 0.667. The number of carbonyl (C=O) groups is 2. The molecule has 7 nitrogen and oxygen atoms in total. The zero-order valence-electron chi connectivity index (χ0n) is 17.2. The van der Waals surface area contributed by atoms with Gasteiger partial charge in [-0.25, -0.2) is 9.59 Å². The number of anilines is 2. The van der Waals surface area contributed by atoms with Crippen LogP contribution in [0.25, 0.3) is 0 Å². The molecule has 2 heterocycles. The minimum atomic E-state index is -0.376. The van der Waals surface area contributed by atoms with Crippen molar-refractivity contribution in [3.8, 4) is 5.75 Å². The zero-order chi connectivity index (χ0) is 21.5. The predicted octanol–water partition coefficient (Wildman–Crippen LogP) is 4.92. The molecule has 3 N–H and O–H groups in total. The van der Waals surface area contributed by atoms with Crippen molar-refractivity contribution < 1.29 is 14.3 Å². The Balaban J connectivity index is 1.55. The first-order valence-corrected chi connectivity index (χ1v) is 11.2. The standard InChI is InChI=1S/C22H25IN4O3/c1-13(23)27-18-9-6-8-16(15(18)12-24-21(27)29)25-20(28)26-17-11-22(2,3)30-19-10-5-4-7-14(17)19/h4-10,13,17H,11-12H2,1-3H3,(H,24,29)(H2,25,26,28)/t13?,17-/m1/s1. The van der Waals surface area contributed by atoms with Crippen LogP contribution >= 0.6 is 22.6 Å². The summed E-state index contributed by atoms with van der Waals surface area (Å²) in [6.45, 7) is 6.36. The number of benzene rings is 2. The Kier molecular flexibility index (Phi) is 5.52. The van der Waals surface area contributed by atoms with Gasteiger partial charge in [0.25, 0.3) is 0 Å². The zero-order valence-corrected chi connectivity index (χ0v) is 19.3. The molecule has 0 bridgehead atoms. The average molecular weight is 520 g/mol. The first-order chi connectivity index (χ1) is 14.2. The number of carbonyl (C=O) groups excluding carboxylic acids is 2. The van der Waals surface area contributed by atoms with E-state index >= 15 is 0 Å². The van der Waals surface area contributed by atoms with Crippen molar-refractivity contribution in [2.75, 3.05) is 10.2 Å². The molecule has 2 aliphatic heterocycles. The van der Waals surface area contributed by atoms with Crippen LogP contribution in [0.2, 0.25) is 0 Å². The molecule has 0 fully saturated rings. The summed E-state index contributed by atoms with van der Waals surface area (Å²) >= 11 is 2.20. The highest BCUT2D eigenvalue weighted by molar-refractivity contribution is 14.1. The van der Waals surface area contributed by atoms with Crippen LogP contribution in [0.3, 0.4) is 0 Å². The summed E-state index contributed by atoms with van der Waals surface area (Å²) in [4.78, 5) is 26.9. The van der Waals surface area contributed by atoms with E-state index in [0.717, 1.165) is 22.6 Å². The number of alkyl halides is 1. The molecule has 0 aromatic heterocycles. The number of halogens is 1. The van der Waals surface area contributed by atoms with E-state index in [1.165, 1.54) is 0 Å². The normalized spacial score (nSPS) is 20.2. The minimum absolute atomic E-state index is 0.0216. The maximum absolute atomic E-state index is 12.9. The number of hydrogen-bond donors (Lipinski definition) is 3. The Labute approximate surface area is 189 Å². The number of nitrogens with zero attached hydrogens (tertiary/aromatic N) is 1. The maximum atomic E-state index is 12.9. The van der Waals surface area contributed by atoms with Gasteiger partial charge in [-0.05, 0) is 39.0 Å². The summed E-state index contributed by atoms with van der Waals surface area (Å²) < 4.78 is 6.03. The highest BCUT2D eigenvalue weighted by Gasteiger charge is 2.34. The predicted molar refractivity (Wildman–Crippen MR) is 125 cm³/mol. The van der Waals surface area contributed by atoms with Gasteiger partial charge in [-0.2, -0.15) is 0 Å². The van der Waals surface area contributed by atoms with Gasteiger partial charge in [0, 0.05) is 29.8 Å². The molecule has 2 aliphatic rings. The van der Waals surface area contributed by atoms with Gasteiger partial charge < -0.3 is 20.7 Å². The van der Waals surface area contributed by atoms with Crippen LogP contribution in [-0.2, 0) is 6.54 Å². The quantitative estimate of drug-likeness (QED) is 0.305. The summed E-state index contributed by atoms with van der Waals surface area (Å²) in [5.74, 6) is 0.797. The van der Waals surface area contributed by atoms with E-state index in [4.69, 9.17) is 4.74 Å². The molecule has 158 valence electrons. The Morgan fingerprint density at radius 1 is 1.27 bits per heavy atom. The van der Waals surface area contributed by atoms with E-state index in [2.05, 4.69) is 38.5 Å². The molecule has 1 unspecified atom stereocenters. The summed E-state index contributed by atoms with van der Waals surface area (Å²) in [7, 11) is 0. The van der Waals surface area contributed by atoms with Crippen molar-refractivity contribution in [2.24, 2.45) is 0 Å². The van der Waals surface area contributed by atoms with Crippen molar-refractivity contribution in [1.29, 1.82) is 0 Å². The third-order valence-corrected chi connectivity index (χ3v) is 5.89. The molecule has 2 aromatic carbocycles. The van der Waals surface area contributed by atoms with Crippen LogP contribution in [0.15, 0.2) is 42.5 Å². The molecule has 8 heteroatoms. The SMILES string of the molecule is CC(I)N1C(=O)NCc2c(NC(=O)N[C@@H]3CC(C)(C)Oc4ccccc43)cccc21. The first kappa shape index (κ1) is 20.8. The molecule has 0 aliphatic carbocycles. The third-order valence-electron chi connectivity index (χ3n) is 5.33.